The molecule has 0 N–H and O–H groups in total. The minimum Gasteiger partial charge on any atom is -0.0758 e. The molecule has 3 aromatic rings. The average Bonchev–Trinajstić information content (AvgIpc) is 3.09. The van der Waals surface area contributed by atoms with Gasteiger partial charge in [0, 0.05) is 5.92 Å². The molecule has 0 fully saturated rings. The van der Waals surface area contributed by atoms with E-state index < -0.39 is 0 Å². The molecular formula is C28H28. The van der Waals surface area contributed by atoms with E-state index in [-0.39, 0.29) is 11.3 Å². The molecule has 0 saturated carbocycles. The highest BCUT2D eigenvalue weighted by atomic mass is 14.4. The lowest BCUT2D eigenvalue weighted by Crippen LogP contribution is -2.36. The number of allylic oxidation sites excluding steroid dienone is 4. The third-order valence-electron chi connectivity index (χ3n) is 5.93. The molecule has 0 bridgehead atoms. The molecule has 1 aliphatic rings. The Bertz CT molecular complexity index is 954. The lowest BCUT2D eigenvalue weighted by Gasteiger charge is -2.40. The molecule has 0 heterocycles. The standard InChI is InChI=1S/C28H28/c1-20-8-5-11-24(16-20)28(27-15-14-23(4)19-27,25-12-6-9-21(2)17-25)26-13-7-10-22(3)18-26/h5-19,27H,1-4H3. The van der Waals surface area contributed by atoms with E-state index in [0.717, 1.165) is 0 Å². The van der Waals surface area contributed by atoms with E-state index >= 15 is 0 Å². The van der Waals surface area contributed by atoms with Gasteiger partial charge in [0.1, 0.15) is 0 Å². The van der Waals surface area contributed by atoms with E-state index in [9.17, 15) is 0 Å². The average molecular weight is 365 g/mol. The molecule has 0 nitrogen and oxygen atoms in total. The zero-order valence-corrected chi connectivity index (χ0v) is 17.2. The Hall–Kier alpha value is -2.86. The molecule has 0 aliphatic heterocycles. The van der Waals surface area contributed by atoms with Crippen molar-refractivity contribution in [3.63, 3.8) is 0 Å². The lowest BCUT2D eigenvalue weighted by atomic mass is 9.61. The van der Waals surface area contributed by atoms with E-state index in [0.29, 0.717) is 0 Å². The number of rotatable bonds is 4. The fourth-order valence-electron chi connectivity index (χ4n) is 4.67. The van der Waals surface area contributed by atoms with Crippen LogP contribution in [0.4, 0.5) is 0 Å². The Morgan fingerprint density at radius 1 is 0.607 bits per heavy atom. The van der Waals surface area contributed by atoms with Crippen molar-refractivity contribution in [1.29, 1.82) is 0 Å². The summed E-state index contributed by atoms with van der Waals surface area (Å²) >= 11 is 0. The third-order valence-corrected chi connectivity index (χ3v) is 5.93. The van der Waals surface area contributed by atoms with Crippen molar-refractivity contribution in [3.8, 4) is 0 Å². The maximum Gasteiger partial charge on any atom is 0.0548 e. The van der Waals surface area contributed by atoms with Crippen LogP contribution in [0.3, 0.4) is 0 Å². The summed E-state index contributed by atoms with van der Waals surface area (Å²) in [4.78, 5) is 0. The quantitative estimate of drug-likeness (QED) is 0.434. The molecular weight excluding hydrogens is 336 g/mol. The molecule has 0 amide bonds. The van der Waals surface area contributed by atoms with Crippen LogP contribution in [0.5, 0.6) is 0 Å². The summed E-state index contributed by atoms with van der Waals surface area (Å²) in [5.41, 5.74) is 9.03. The van der Waals surface area contributed by atoms with E-state index in [1.54, 1.807) is 0 Å². The van der Waals surface area contributed by atoms with Gasteiger partial charge < -0.3 is 0 Å². The Balaban J connectivity index is 2.12. The van der Waals surface area contributed by atoms with Crippen molar-refractivity contribution in [2.45, 2.75) is 33.1 Å². The van der Waals surface area contributed by atoms with Crippen LogP contribution >= 0.6 is 0 Å². The summed E-state index contributed by atoms with van der Waals surface area (Å²) in [6.07, 6.45) is 7.07. The molecule has 4 rings (SSSR count). The zero-order chi connectivity index (χ0) is 19.7. The topological polar surface area (TPSA) is 0 Å². The van der Waals surface area contributed by atoms with Gasteiger partial charge in [-0.1, -0.05) is 113 Å². The minimum atomic E-state index is -0.252. The second kappa shape index (κ2) is 7.28. The fourth-order valence-corrected chi connectivity index (χ4v) is 4.67. The van der Waals surface area contributed by atoms with Gasteiger partial charge in [0.25, 0.3) is 0 Å². The molecule has 3 aromatic carbocycles. The van der Waals surface area contributed by atoms with Gasteiger partial charge in [0.2, 0.25) is 0 Å². The minimum absolute atomic E-state index is 0.252. The highest BCUT2D eigenvalue weighted by Crippen LogP contribution is 2.48. The first kappa shape index (κ1) is 18.5. The maximum atomic E-state index is 2.42. The maximum absolute atomic E-state index is 2.42. The molecule has 0 radical (unpaired) electrons. The molecule has 1 atom stereocenters. The molecule has 0 aromatic heterocycles. The summed E-state index contributed by atoms with van der Waals surface area (Å²) in [5, 5.41) is 0. The van der Waals surface area contributed by atoms with Gasteiger partial charge in [-0.25, -0.2) is 0 Å². The Labute approximate surface area is 169 Å². The van der Waals surface area contributed by atoms with E-state index in [1.165, 1.54) is 39.0 Å². The molecule has 28 heavy (non-hydrogen) atoms. The van der Waals surface area contributed by atoms with Crippen LogP contribution < -0.4 is 0 Å². The smallest absolute Gasteiger partial charge is 0.0548 e. The molecule has 140 valence electrons. The van der Waals surface area contributed by atoms with Crippen molar-refractivity contribution in [1.82, 2.24) is 0 Å². The summed E-state index contributed by atoms with van der Waals surface area (Å²) < 4.78 is 0. The highest BCUT2D eigenvalue weighted by molar-refractivity contribution is 5.56. The van der Waals surface area contributed by atoms with Crippen LogP contribution in [-0.4, -0.2) is 0 Å². The fraction of sp³-hybridized carbons (Fsp3) is 0.214. The Morgan fingerprint density at radius 2 is 1.04 bits per heavy atom. The van der Waals surface area contributed by atoms with Crippen molar-refractivity contribution in [2.24, 2.45) is 5.92 Å². The molecule has 0 heteroatoms. The third kappa shape index (κ3) is 3.14. The second-order valence-electron chi connectivity index (χ2n) is 8.21. The predicted molar refractivity (Wildman–Crippen MR) is 120 cm³/mol. The molecule has 0 spiro atoms. The first-order valence-electron chi connectivity index (χ1n) is 10.1. The first-order chi connectivity index (χ1) is 13.5. The number of hydrogen-bond donors (Lipinski definition) is 0. The highest BCUT2D eigenvalue weighted by Gasteiger charge is 2.42. The Kier molecular flexibility index (Phi) is 4.81. The van der Waals surface area contributed by atoms with Gasteiger partial charge in [0.15, 0.2) is 0 Å². The largest absolute Gasteiger partial charge is 0.0758 e. The Morgan fingerprint density at radius 3 is 1.36 bits per heavy atom. The summed E-state index contributed by atoms with van der Waals surface area (Å²) in [5.74, 6) is 0.276. The van der Waals surface area contributed by atoms with Gasteiger partial charge in [-0.05, 0) is 44.4 Å². The van der Waals surface area contributed by atoms with E-state index in [4.69, 9.17) is 0 Å². The van der Waals surface area contributed by atoms with Crippen LogP contribution in [0.1, 0.15) is 40.3 Å². The van der Waals surface area contributed by atoms with Crippen molar-refractivity contribution < 1.29 is 0 Å². The summed E-state index contributed by atoms with van der Waals surface area (Å²) in [7, 11) is 0. The van der Waals surface area contributed by atoms with E-state index in [2.05, 4.69) is 119 Å². The SMILES string of the molecule is CC1=CC(C(c2cccc(C)c2)(c2cccc(C)c2)c2cccc(C)c2)C=C1. The predicted octanol–water partition coefficient (Wildman–Crippen LogP) is 7.08. The van der Waals surface area contributed by atoms with Crippen molar-refractivity contribution in [3.05, 3.63) is 130 Å². The van der Waals surface area contributed by atoms with Gasteiger partial charge in [-0.15, -0.1) is 0 Å². The van der Waals surface area contributed by atoms with Gasteiger partial charge in [-0.2, -0.15) is 0 Å². The van der Waals surface area contributed by atoms with E-state index in [1.807, 2.05) is 0 Å². The normalized spacial score (nSPS) is 16.3. The van der Waals surface area contributed by atoms with Crippen LogP contribution in [0.15, 0.2) is 96.6 Å². The molecule has 1 unspecified atom stereocenters. The second-order valence-corrected chi connectivity index (χ2v) is 8.21. The van der Waals surface area contributed by atoms with Gasteiger partial charge in [-0.3, -0.25) is 0 Å². The zero-order valence-electron chi connectivity index (χ0n) is 17.2. The van der Waals surface area contributed by atoms with Crippen LogP contribution in [-0.2, 0) is 5.41 Å². The summed E-state index contributed by atoms with van der Waals surface area (Å²) in [6, 6.07) is 27.1. The number of benzene rings is 3. The van der Waals surface area contributed by atoms with Crippen LogP contribution in [0, 0.1) is 26.7 Å². The van der Waals surface area contributed by atoms with Gasteiger partial charge in [0.05, 0.1) is 5.41 Å². The molecule has 0 saturated heterocycles. The van der Waals surface area contributed by atoms with Crippen LogP contribution in [0.25, 0.3) is 0 Å². The van der Waals surface area contributed by atoms with Crippen LogP contribution in [0.2, 0.25) is 0 Å². The van der Waals surface area contributed by atoms with Crippen molar-refractivity contribution in [2.75, 3.05) is 0 Å². The monoisotopic (exact) mass is 364 g/mol. The first-order valence-corrected chi connectivity index (χ1v) is 10.1. The lowest BCUT2D eigenvalue weighted by molar-refractivity contribution is 0.526. The number of aryl methyl sites for hydroxylation is 3. The summed E-state index contributed by atoms with van der Waals surface area (Å²) in [6.45, 7) is 8.76. The number of hydrogen-bond acceptors (Lipinski definition) is 0. The van der Waals surface area contributed by atoms with Crippen molar-refractivity contribution >= 4 is 0 Å². The van der Waals surface area contributed by atoms with Gasteiger partial charge >= 0.3 is 0 Å². The molecule has 1 aliphatic carbocycles.